The maximum atomic E-state index is 12.9. The smallest absolute Gasteiger partial charge is 0.243 e. The monoisotopic (exact) mass is 488 g/mol. The van der Waals surface area contributed by atoms with Crippen LogP contribution in [0, 0.1) is 6.92 Å². The molecule has 0 saturated heterocycles. The molecule has 11 heteroatoms. The van der Waals surface area contributed by atoms with Crippen LogP contribution < -0.4 is 5.32 Å². The molecule has 1 amide bonds. The molecule has 0 aliphatic heterocycles. The van der Waals surface area contributed by atoms with Gasteiger partial charge in [-0.25, -0.2) is 8.42 Å². The Morgan fingerprint density at radius 1 is 1.09 bits per heavy atom. The van der Waals surface area contributed by atoms with Gasteiger partial charge in [-0.15, -0.1) is 10.2 Å². The first-order valence-electron chi connectivity index (χ1n) is 10.7. The standard InChI is InChI=1S/C22H28N6O3S2/c1-5-27(6-2)33(30,31)19-14-18(9-8-16(19)4)24-20(29)15-32-22-26-25-21(28(22)7-3)17-10-12-23-13-11-17/h8-14H,5-7,15H2,1-4H3,(H,24,29). The molecule has 9 nitrogen and oxygen atoms in total. The number of rotatable bonds is 10. The Kier molecular flexibility index (Phi) is 8.22. The van der Waals surface area contributed by atoms with Crippen molar-refractivity contribution in [3.8, 4) is 11.4 Å². The van der Waals surface area contributed by atoms with Crippen molar-refractivity contribution in [2.24, 2.45) is 0 Å². The first-order valence-corrected chi connectivity index (χ1v) is 13.1. The third-order valence-corrected chi connectivity index (χ3v) is 8.26. The summed E-state index contributed by atoms with van der Waals surface area (Å²) in [7, 11) is -3.63. The molecule has 2 aromatic heterocycles. The van der Waals surface area contributed by atoms with Crippen LogP contribution in [0.1, 0.15) is 26.3 Å². The number of amides is 1. The van der Waals surface area contributed by atoms with Crippen molar-refractivity contribution >= 4 is 33.4 Å². The quantitative estimate of drug-likeness (QED) is 0.435. The summed E-state index contributed by atoms with van der Waals surface area (Å²) in [6.45, 7) is 8.75. The number of nitrogens with zero attached hydrogens (tertiary/aromatic N) is 5. The van der Waals surface area contributed by atoms with Gasteiger partial charge >= 0.3 is 0 Å². The molecule has 3 aromatic rings. The van der Waals surface area contributed by atoms with Crippen LogP contribution in [0.2, 0.25) is 0 Å². The van der Waals surface area contributed by atoms with Crippen molar-refractivity contribution in [2.75, 3.05) is 24.2 Å². The van der Waals surface area contributed by atoms with Crippen molar-refractivity contribution in [3.05, 3.63) is 48.3 Å². The van der Waals surface area contributed by atoms with Crippen molar-refractivity contribution in [2.45, 2.75) is 44.3 Å². The molecule has 3 rings (SSSR count). The maximum Gasteiger partial charge on any atom is 0.243 e. The average Bonchev–Trinajstić information content (AvgIpc) is 3.23. The number of hydrogen-bond donors (Lipinski definition) is 1. The molecule has 0 spiro atoms. The number of pyridine rings is 1. The van der Waals surface area contributed by atoms with Crippen LogP contribution in [-0.4, -0.2) is 57.2 Å². The Labute approximate surface area is 198 Å². The molecule has 0 atom stereocenters. The number of carbonyl (C=O) groups excluding carboxylic acids is 1. The SMILES string of the molecule is CCN(CC)S(=O)(=O)c1cc(NC(=O)CSc2nnc(-c3ccncc3)n2CC)ccc1C. The molecule has 176 valence electrons. The second-order valence-corrected chi connectivity index (χ2v) is 10.0. The van der Waals surface area contributed by atoms with E-state index in [1.54, 1.807) is 45.3 Å². The highest BCUT2D eigenvalue weighted by Gasteiger charge is 2.24. The number of sulfonamides is 1. The van der Waals surface area contributed by atoms with Gasteiger partial charge < -0.3 is 9.88 Å². The lowest BCUT2D eigenvalue weighted by molar-refractivity contribution is -0.113. The lowest BCUT2D eigenvalue weighted by Crippen LogP contribution is -2.31. The van der Waals surface area contributed by atoms with Crippen molar-refractivity contribution in [1.82, 2.24) is 24.1 Å². The van der Waals surface area contributed by atoms with E-state index in [0.29, 0.717) is 41.9 Å². The Morgan fingerprint density at radius 3 is 2.42 bits per heavy atom. The van der Waals surface area contributed by atoms with Gasteiger partial charge in [-0.2, -0.15) is 4.31 Å². The van der Waals surface area contributed by atoms with Gasteiger partial charge in [0.1, 0.15) is 0 Å². The Balaban J connectivity index is 1.72. The third-order valence-electron chi connectivity index (χ3n) is 5.10. The Bertz CT molecular complexity index is 1210. The van der Waals surface area contributed by atoms with Gasteiger partial charge in [-0.05, 0) is 43.7 Å². The largest absolute Gasteiger partial charge is 0.325 e. The predicted molar refractivity (Wildman–Crippen MR) is 130 cm³/mol. The lowest BCUT2D eigenvalue weighted by atomic mass is 10.2. The molecular formula is C22H28N6O3S2. The summed E-state index contributed by atoms with van der Waals surface area (Å²) in [5, 5.41) is 11.9. The minimum atomic E-state index is -3.63. The highest BCUT2D eigenvalue weighted by molar-refractivity contribution is 7.99. The summed E-state index contributed by atoms with van der Waals surface area (Å²) in [6.07, 6.45) is 3.39. The van der Waals surface area contributed by atoms with E-state index in [1.807, 2.05) is 23.6 Å². The Hall–Kier alpha value is -2.76. The zero-order valence-corrected chi connectivity index (χ0v) is 20.8. The van der Waals surface area contributed by atoms with Crippen LogP contribution in [0.4, 0.5) is 5.69 Å². The lowest BCUT2D eigenvalue weighted by Gasteiger charge is -2.20. The summed E-state index contributed by atoms with van der Waals surface area (Å²) in [5.41, 5.74) is 1.97. The van der Waals surface area contributed by atoms with E-state index in [-0.39, 0.29) is 16.6 Å². The zero-order chi connectivity index (χ0) is 24.0. The molecule has 1 aromatic carbocycles. The average molecular weight is 489 g/mol. The maximum absolute atomic E-state index is 12.9. The van der Waals surface area contributed by atoms with E-state index < -0.39 is 10.0 Å². The van der Waals surface area contributed by atoms with Crippen LogP contribution >= 0.6 is 11.8 Å². The summed E-state index contributed by atoms with van der Waals surface area (Å²) >= 11 is 1.27. The van der Waals surface area contributed by atoms with E-state index in [4.69, 9.17) is 0 Å². The van der Waals surface area contributed by atoms with E-state index in [1.165, 1.54) is 22.1 Å². The number of aromatic nitrogens is 4. The molecule has 0 unspecified atom stereocenters. The van der Waals surface area contributed by atoms with Crippen LogP contribution in [-0.2, 0) is 21.4 Å². The predicted octanol–water partition coefficient (Wildman–Crippen LogP) is 3.43. The van der Waals surface area contributed by atoms with E-state index in [9.17, 15) is 13.2 Å². The van der Waals surface area contributed by atoms with E-state index >= 15 is 0 Å². The first-order chi connectivity index (χ1) is 15.8. The second kappa shape index (κ2) is 10.9. The number of hydrogen-bond acceptors (Lipinski definition) is 7. The number of nitrogens with one attached hydrogen (secondary N) is 1. The van der Waals surface area contributed by atoms with Gasteiger partial charge in [-0.1, -0.05) is 31.7 Å². The molecule has 2 heterocycles. The molecule has 0 radical (unpaired) electrons. The van der Waals surface area contributed by atoms with E-state index in [2.05, 4.69) is 20.5 Å². The molecule has 0 fully saturated rings. The molecular weight excluding hydrogens is 460 g/mol. The molecule has 0 aliphatic carbocycles. The van der Waals surface area contributed by atoms with Gasteiger partial charge in [0, 0.05) is 43.3 Å². The fourth-order valence-electron chi connectivity index (χ4n) is 3.38. The van der Waals surface area contributed by atoms with Crippen LogP contribution in [0.25, 0.3) is 11.4 Å². The number of thioether (sulfide) groups is 1. The summed E-state index contributed by atoms with van der Waals surface area (Å²) < 4.78 is 29.2. The van der Waals surface area contributed by atoms with Gasteiger partial charge in [0.25, 0.3) is 0 Å². The summed E-state index contributed by atoms with van der Waals surface area (Å²) in [4.78, 5) is 16.8. The van der Waals surface area contributed by atoms with Gasteiger partial charge in [0.2, 0.25) is 15.9 Å². The van der Waals surface area contributed by atoms with Gasteiger partial charge in [0.15, 0.2) is 11.0 Å². The van der Waals surface area contributed by atoms with Gasteiger partial charge in [-0.3, -0.25) is 9.78 Å². The summed E-state index contributed by atoms with van der Waals surface area (Å²) in [5.74, 6) is 0.569. The number of benzene rings is 1. The van der Waals surface area contributed by atoms with Gasteiger partial charge in [0.05, 0.1) is 10.6 Å². The van der Waals surface area contributed by atoms with Crippen molar-refractivity contribution in [3.63, 3.8) is 0 Å². The van der Waals surface area contributed by atoms with Crippen molar-refractivity contribution in [1.29, 1.82) is 0 Å². The molecule has 33 heavy (non-hydrogen) atoms. The minimum absolute atomic E-state index is 0.112. The third kappa shape index (κ3) is 5.60. The molecule has 0 saturated carbocycles. The van der Waals surface area contributed by atoms with Crippen LogP contribution in [0.15, 0.2) is 52.8 Å². The normalized spacial score (nSPS) is 11.7. The highest BCUT2D eigenvalue weighted by atomic mass is 32.2. The second-order valence-electron chi connectivity index (χ2n) is 7.19. The van der Waals surface area contributed by atoms with E-state index in [0.717, 1.165) is 5.56 Å². The number of anilines is 1. The Morgan fingerprint density at radius 2 is 1.79 bits per heavy atom. The minimum Gasteiger partial charge on any atom is -0.325 e. The van der Waals surface area contributed by atoms with Crippen LogP contribution in [0.3, 0.4) is 0 Å². The highest BCUT2D eigenvalue weighted by Crippen LogP contribution is 2.25. The molecule has 1 N–H and O–H groups in total. The topological polar surface area (TPSA) is 110 Å². The fourth-order valence-corrected chi connectivity index (χ4v) is 5.89. The zero-order valence-electron chi connectivity index (χ0n) is 19.1. The number of carbonyl (C=O) groups is 1. The fraction of sp³-hybridized carbons (Fsp3) is 0.364. The summed E-state index contributed by atoms with van der Waals surface area (Å²) in [6, 6.07) is 8.64. The molecule has 0 aliphatic rings. The first kappa shape index (κ1) is 24.9. The molecule has 0 bridgehead atoms. The number of aryl methyl sites for hydroxylation is 1. The van der Waals surface area contributed by atoms with Crippen molar-refractivity contribution < 1.29 is 13.2 Å². The van der Waals surface area contributed by atoms with Crippen LogP contribution in [0.5, 0.6) is 0 Å².